The number of fused-ring (bicyclic) bond motifs is 6. The van der Waals surface area contributed by atoms with Crippen molar-refractivity contribution in [2.75, 3.05) is 0 Å². The van der Waals surface area contributed by atoms with Crippen LogP contribution in [-0.4, -0.2) is 29.1 Å². The van der Waals surface area contributed by atoms with Crippen LogP contribution in [0.15, 0.2) is 109 Å². The highest BCUT2D eigenvalue weighted by Crippen LogP contribution is 2.50. The maximum atomic E-state index is 10.0. The van der Waals surface area contributed by atoms with Gasteiger partial charge in [-0.2, -0.15) is 21.0 Å². The SMILES string of the molecule is N#Cc1ncc(-c2sc(-c3cnc(C#N)c(C#N)n3)c(-n3c4ccccc4c4ccccc43)c2-n2c3ccccc3c3ccccc32)nc1C#N. The first kappa shape index (κ1) is 29.4. The summed E-state index contributed by atoms with van der Waals surface area (Å²) in [5.74, 6) is 0. The lowest BCUT2D eigenvalue weighted by molar-refractivity contribution is 1.09. The summed E-state index contributed by atoms with van der Waals surface area (Å²) in [6, 6.07) is 40.6. The fraction of sp³-hybridized carbons (Fsp3) is 0. The van der Waals surface area contributed by atoms with Gasteiger partial charge in [0.25, 0.3) is 0 Å². The zero-order chi connectivity index (χ0) is 34.6. The maximum Gasteiger partial charge on any atom is 0.177 e. The lowest BCUT2D eigenvalue weighted by atomic mass is 10.2. The van der Waals surface area contributed by atoms with Crippen molar-refractivity contribution >= 4 is 54.9 Å². The van der Waals surface area contributed by atoms with Gasteiger partial charge < -0.3 is 9.13 Å². The molecule has 51 heavy (non-hydrogen) atoms. The van der Waals surface area contributed by atoms with Crippen LogP contribution in [0.3, 0.4) is 0 Å². The van der Waals surface area contributed by atoms with E-state index in [2.05, 4.69) is 77.6 Å². The number of hydrogen-bond donors (Lipinski definition) is 0. The first-order valence-corrected chi connectivity index (χ1v) is 16.5. The Kier molecular flexibility index (Phi) is 6.62. The van der Waals surface area contributed by atoms with Crippen LogP contribution in [-0.2, 0) is 0 Å². The van der Waals surface area contributed by atoms with E-state index in [1.165, 1.54) is 23.7 Å². The normalized spacial score (nSPS) is 11.1. The van der Waals surface area contributed by atoms with Crippen LogP contribution in [0.25, 0.3) is 76.1 Å². The minimum Gasteiger partial charge on any atom is -0.306 e. The van der Waals surface area contributed by atoms with Gasteiger partial charge in [-0.1, -0.05) is 72.8 Å². The largest absolute Gasteiger partial charge is 0.306 e. The van der Waals surface area contributed by atoms with E-state index in [1.54, 1.807) is 0 Å². The third-order valence-corrected chi connectivity index (χ3v) is 10.1. The summed E-state index contributed by atoms with van der Waals surface area (Å²) >= 11 is 1.36. The van der Waals surface area contributed by atoms with E-state index < -0.39 is 0 Å². The molecule has 4 aromatic carbocycles. The Balaban J connectivity index is 1.55. The molecule has 0 spiro atoms. The maximum absolute atomic E-state index is 10.0. The van der Waals surface area contributed by atoms with E-state index in [-0.39, 0.29) is 22.8 Å². The molecule has 9 aromatic rings. The highest BCUT2D eigenvalue weighted by atomic mass is 32.1. The summed E-state index contributed by atoms with van der Waals surface area (Å²) < 4.78 is 4.38. The summed E-state index contributed by atoms with van der Waals surface area (Å²) in [5, 5.41) is 43.5. The van der Waals surface area contributed by atoms with Crippen LogP contribution in [0.2, 0.25) is 0 Å². The van der Waals surface area contributed by atoms with Crippen molar-refractivity contribution in [2.45, 2.75) is 0 Å². The number of nitriles is 4. The van der Waals surface area contributed by atoms with E-state index in [0.29, 0.717) is 21.1 Å². The number of para-hydroxylation sites is 4. The summed E-state index contributed by atoms with van der Waals surface area (Å²) in [6.45, 7) is 0. The van der Waals surface area contributed by atoms with Crippen molar-refractivity contribution in [1.82, 2.24) is 29.1 Å². The molecule has 11 heteroatoms. The van der Waals surface area contributed by atoms with E-state index in [9.17, 15) is 21.0 Å². The summed E-state index contributed by atoms with van der Waals surface area (Å²) in [6.07, 6.45) is 3.01. The predicted octanol–water partition coefficient (Wildman–Crippen LogP) is 8.34. The van der Waals surface area contributed by atoms with Crippen molar-refractivity contribution in [1.29, 1.82) is 21.0 Å². The van der Waals surface area contributed by atoms with Crippen LogP contribution in [0, 0.1) is 45.3 Å². The molecule has 0 amide bonds. The van der Waals surface area contributed by atoms with Gasteiger partial charge in [0, 0.05) is 21.5 Å². The number of rotatable bonds is 4. The van der Waals surface area contributed by atoms with E-state index in [1.807, 2.05) is 72.8 Å². The van der Waals surface area contributed by atoms with Crippen LogP contribution in [0.1, 0.15) is 22.8 Å². The zero-order valence-electron chi connectivity index (χ0n) is 26.3. The standard InChI is InChI=1S/C40H18N10S/c41-17-27-29(19-43)47-31(21-45-27)39-37(49-33-13-5-1-9-23(33)24-10-2-6-14-34(24)49)38(40(51-39)32-22-46-28(18-42)30(20-44)48-32)50-35-15-7-3-11-25(35)26-12-4-8-16-36(26)50/h1-16,21-22H. The van der Waals surface area contributed by atoms with Gasteiger partial charge in [0.15, 0.2) is 22.8 Å². The third kappa shape index (κ3) is 4.31. The quantitative estimate of drug-likeness (QED) is 0.181. The van der Waals surface area contributed by atoms with Gasteiger partial charge in [0.2, 0.25) is 0 Å². The van der Waals surface area contributed by atoms with E-state index in [4.69, 9.17) is 0 Å². The molecule has 0 atom stereocenters. The lowest BCUT2D eigenvalue weighted by Gasteiger charge is -2.16. The second kappa shape index (κ2) is 11.5. The second-order valence-corrected chi connectivity index (χ2v) is 12.6. The molecular formula is C40H18N10S. The molecule has 0 aliphatic carbocycles. The Morgan fingerprint density at radius 1 is 0.431 bits per heavy atom. The Morgan fingerprint density at radius 2 is 0.745 bits per heavy atom. The molecule has 0 bridgehead atoms. The summed E-state index contributed by atoms with van der Waals surface area (Å²) in [5.41, 5.74) is 5.58. The number of aromatic nitrogens is 6. The average Bonchev–Trinajstić information content (AvgIpc) is 3.84. The van der Waals surface area contributed by atoms with E-state index >= 15 is 0 Å². The molecule has 5 aromatic heterocycles. The van der Waals surface area contributed by atoms with Crippen LogP contribution in [0.5, 0.6) is 0 Å². The molecule has 0 saturated carbocycles. The minimum atomic E-state index is -0.0959. The number of benzene rings is 4. The van der Waals surface area contributed by atoms with Crippen molar-refractivity contribution in [3.8, 4) is 56.8 Å². The average molecular weight is 671 g/mol. The van der Waals surface area contributed by atoms with Gasteiger partial charge in [0.05, 0.1) is 55.6 Å². The number of hydrogen-bond acceptors (Lipinski definition) is 9. The first-order valence-electron chi connectivity index (χ1n) is 15.6. The Bertz CT molecular complexity index is 2790. The fourth-order valence-electron chi connectivity index (χ4n) is 6.82. The Hall–Kier alpha value is -7.70. The molecule has 0 N–H and O–H groups in total. The Labute approximate surface area is 293 Å². The van der Waals surface area contributed by atoms with Gasteiger partial charge in [0.1, 0.15) is 35.7 Å². The molecule has 234 valence electrons. The van der Waals surface area contributed by atoms with Gasteiger partial charge in [-0.25, -0.2) is 19.9 Å². The molecule has 5 heterocycles. The Morgan fingerprint density at radius 3 is 1.06 bits per heavy atom. The van der Waals surface area contributed by atoms with Gasteiger partial charge in [-0.05, 0) is 24.3 Å². The van der Waals surface area contributed by atoms with Gasteiger partial charge in [-0.15, -0.1) is 11.3 Å². The molecule has 0 unspecified atom stereocenters. The first-order chi connectivity index (χ1) is 25.1. The molecule has 0 aliphatic rings. The monoisotopic (exact) mass is 670 g/mol. The fourth-order valence-corrected chi connectivity index (χ4v) is 8.00. The second-order valence-electron chi connectivity index (χ2n) is 11.5. The van der Waals surface area contributed by atoms with Crippen LogP contribution < -0.4 is 0 Å². The summed E-state index contributed by atoms with van der Waals surface area (Å²) in [4.78, 5) is 19.4. The molecule has 0 saturated heterocycles. The smallest absolute Gasteiger partial charge is 0.177 e. The van der Waals surface area contributed by atoms with Crippen molar-refractivity contribution in [2.24, 2.45) is 0 Å². The molecule has 0 fully saturated rings. The number of nitrogens with zero attached hydrogens (tertiary/aromatic N) is 10. The van der Waals surface area contributed by atoms with Crippen molar-refractivity contribution in [3.05, 3.63) is 132 Å². The third-order valence-electron chi connectivity index (χ3n) is 8.90. The lowest BCUT2D eigenvalue weighted by Crippen LogP contribution is -2.05. The molecule has 10 nitrogen and oxygen atoms in total. The highest BCUT2D eigenvalue weighted by molar-refractivity contribution is 7.20. The van der Waals surface area contributed by atoms with Gasteiger partial charge in [-0.3, -0.25) is 0 Å². The molecule has 0 aliphatic heterocycles. The summed E-state index contributed by atoms with van der Waals surface area (Å²) in [7, 11) is 0. The van der Waals surface area contributed by atoms with Crippen LogP contribution in [0.4, 0.5) is 0 Å². The highest BCUT2D eigenvalue weighted by Gasteiger charge is 2.30. The van der Waals surface area contributed by atoms with Crippen molar-refractivity contribution < 1.29 is 0 Å². The van der Waals surface area contributed by atoms with Crippen molar-refractivity contribution in [3.63, 3.8) is 0 Å². The topological polar surface area (TPSA) is 157 Å². The predicted molar refractivity (Wildman–Crippen MR) is 194 cm³/mol. The number of thiophene rings is 1. The van der Waals surface area contributed by atoms with Crippen LogP contribution >= 0.6 is 11.3 Å². The minimum absolute atomic E-state index is 0.0734. The van der Waals surface area contributed by atoms with E-state index in [0.717, 1.165) is 55.0 Å². The molecule has 0 radical (unpaired) electrons. The van der Waals surface area contributed by atoms with Gasteiger partial charge >= 0.3 is 0 Å². The molecular weight excluding hydrogens is 653 g/mol. The molecule has 9 rings (SSSR count). The zero-order valence-corrected chi connectivity index (χ0v) is 27.1.